The highest BCUT2D eigenvalue weighted by Crippen LogP contribution is 2.23. The molecule has 1 aliphatic carbocycles. The normalized spacial score (nSPS) is 23.7. The van der Waals surface area contributed by atoms with Gasteiger partial charge in [0.15, 0.2) is 11.6 Å². The van der Waals surface area contributed by atoms with Crippen LogP contribution in [-0.4, -0.2) is 17.3 Å². The molecule has 1 aromatic rings. The van der Waals surface area contributed by atoms with Crippen LogP contribution in [0.4, 0.5) is 8.78 Å². The first kappa shape index (κ1) is 13.3. The quantitative estimate of drug-likeness (QED) is 0.824. The molecule has 2 rings (SSSR count). The highest BCUT2D eigenvalue weighted by Gasteiger charge is 2.21. The van der Waals surface area contributed by atoms with Gasteiger partial charge >= 0.3 is 0 Å². The Labute approximate surface area is 109 Å². The van der Waals surface area contributed by atoms with Crippen LogP contribution >= 0.6 is 11.6 Å². The average molecular weight is 274 g/mol. The standard InChI is InChI=1S/C13H14ClF2NO/c14-9-2-4-10(5-3-9)17-13(18)8-1-6-11(15)12(16)7-8/h1,6-7,9-10H,2-5H2,(H,17,18). The van der Waals surface area contributed by atoms with Gasteiger partial charge in [0.1, 0.15) is 0 Å². The number of halogens is 3. The van der Waals surface area contributed by atoms with E-state index >= 15 is 0 Å². The largest absolute Gasteiger partial charge is 0.349 e. The third-order valence-corrected chi connectivity index (χ3v) is 3.61. The molecular formula is C13H14ClF2NO. The maximum Gasteiger partial charge on any atom is 0.251 e. The highest BCUT2D eigenvalue weighted by molar-refractivity contribution is 6.20. The molecule has 0 unspecified atom stereocenters. The summed E-state index contributed by atoms with van der Waals surface area (Å²) in [4.78, 5) is 11.8. The minimum atomic E-state index is -1.01. The molecule has 0 aliphatic heterocycles. The second kappa shape index (κ2) is 5.65. The number of hydrogen-bond acceptors (Lipinski definition) is 1. The molecule has 0 saturated heterocycles. The SMILES string of the molecule is O=C(NC1CCC(Cl)CC1)c1ccc(F)c(F)c1. The minimum Gasteiger partial charge on any atom is -0.349 e. The number of carbonyl (C=O) groups is 1. The molecule has 0 radical (unpaired) electrons. The smallest absolute Gasteiger partial charge is 0.251 e. The van der Waals surface area contributed by atoms with Crippen molar-refractivity contribution < 1.29 is 13.6 Å². The number of nitrogens with one attached hydrogen (secondary N) is 1. The van der Waals surface area contributed by atoms with Crippen molar-refractivity contribution in [3.05, 3.63) is 35.4 Å². The molecule has 0 spiro atoms. The molecule has 1 fully saturated rings. The molecule has 98 valence electrons. The Kier molecular flexibility index (Phi) is 4.17. The third-order valence-electron chi connectivity index (χ3n) is 3.17. The van der Waals surface area contributed by atoms with Crippen LogP contribution in [0.2, 0.25) is 0 Å². The molecule has 1 aromatic carbocycles. The molecule has 5 heteroatoms. The van der Waals surface area contributed by atoms with Crippen molar-refractivity contribution in [3.8, 4) is 0 Å². The second-order valence-electron chi connectivity index (χ2n) is 4.55. The number of hydrogen-bond donors (Lipinski definition) is 1. The van der Waals surface area contributed by atoms with Gasteiger partial charge in [-0.1, -0.05) is 0 Å². The Morgan fingerprint density at radius 3 is 2.44 bits per heavy atom. The van der Waals surface area contributed by atoms with E-state index in [1.807, 2.05) is 0 Å². The van der Waals surface area contributed by atoms with Crippen LogP contribution in [0.1, 0.15) is 36.0 Å². The number of benzene rings is 1. The van der Waals surface area contributed by atoms with E-state index in [1.165, 1.54) is 6.07 Å². The van der Waals surface area contributed by atoms with Gasteiger partial charge in [-0.05, 0) is 43.9 Å². The summed E-state index contributed by atoms with van der Waals surface area (Å²) in [6, 6.07) is 3.22. The Bertz CT molecular complexity index is 445. The zero-order valence-corrected chi connectivity index (χ0v) is 10.5. The zero-order chi connectivity index (χ0) is 13.1. The topological polar surface area (TPSA) is 29.1 Å². The first-order valence-corrected chi connectivity index (χ1v) is 6.40. The second-order valence-corrected chi connectivity index (χ2v) is 5.17. The molecule has 1 N–H and O–H groups in total. The maximum absolute atomic E-state index is 13.0. The zero-order valence-electron chi connectivity index (χ0n) is 9.76. The Balaban J connectivity index is 1.97. The van der Waals surface area contributed by atoms with Gasteiger partial charge in [-0.15, -0.1) is 11.6 Å². The van der Waals surface area contributed by atoms with Crippen LogP contribution < -0.4 is 5.32 Å². The van der Waals surface area contributed by atoms with Crippen LogP contribution in [0.5, 0.6) is 0 Å². The fourth-order valence-corrected chi connectivity index (χ4v) is 2.36. The van der Waals surface area contributed by atoms with Crippen molar-refractivity contribution in [2.45, 2.75) is 37.1 Å². The summed E-state index contributed by atoms with van der Waals surface area (Å²) in [6.45, 7) is 0. The van der Waals surface area contributed by atoms with Crippen LogP contribution in [0.3, 0.4) is 0 Å². The summed E-state index contributed by atoms with van der Waals surface area (Å²) >= 11 is 5.97. The summed E-state index contributed by atoms with van der Waals surface area (Å²) in [5.74, 6) is -2.33. The molecule has 0 atom stereocenters. The van der Waals surface area contributed by atoms with E-state index in [9.17, 15) is 13.6 Å². The van der Waals surface area contributed by atoms with E-state index in [-0.39, 0.29) is 22.9 Å². The minimum absolute atomic E-state index is 0.0700. The number of rotatable bonds is 2. The molecule has 0 bridgehead atoms. The average Bonchev–Trinajstić information content (AvgIpc) is 2.35. The van der Waals surface area contributed by atoms with Crippen LogP contribution in [0.15, 0.2) is 18.2 Å². The lowest BCUT2D eigenvalue weighted by atomic mass is 9.95. The van der Waals surface area contributed by atoms with Gasteiger partial charge in [0.2, 0.25) is 0 Å². The number of alkyl halides is 1. The van der Waals surface area contributed by atoms with Crippen molar-refractivity contribution in [3.63, 3.8) is 0 Å². The lowest BCUT2D eigenvalue weighted by Gasteiger charge is -2.25. The van der Waals surface area contributed by atoms with Gasteiger partial charge in [-0.2, -0.15) is 0 Å². The molecule has 1 saturated carbocycles. The van der Waals surface area contributed by atoms with Gasteiger partial charge < -0.3 is 5.32 Å². The van der Waals surface area contributed by atoms with Crippen molar-refractivity contribution in [1.29, 1.82) is 0 Å². The Morgan fingerprint density at radius 1 is 1.17 bits per heavy atom. The van der Waals surface area contributed by atoms with Crippen molar-refractivity contribution in [1.82, 2.24) is 5.32 Å². The van der Waals surface area contributed by atoms with Crippen LogP contribution in [-0.2, 0) is 0 Å². The molecule has 2 nitrogen and oxygen atoms in total. The van der Waals surface area contributed by atoms with E-state index < -0.39 is 11.6 Å². The molecular weight excluding hydrogens is 260 g/mol. The van der Waals surface area contributed by atoms with Gasteiger partial charge in [-0.25, -0.2) is 8.78 Å². The van der Waals surface area contributed by atoms with E-state index in [0.29, 0.717) is 0 Å². The predicted molar refractivity (Wildman–Crippen MR) is 65.7 cm³/mol. The van der Waals surface area contributed by atoms with Crippen LogP contribution in [0.25, 0.3) is 0 Å². The lowest BCUT2D eigenvalue weighted by Crippen LogP contribution is -2.37. The predicted octanol–water partition coefficient (Wildman–Crippen LogP) is 3.24. The van der Waals surface area contributed by atoms with Crippen LogP contribution in [0, 0.1) is 11.6 Å². The number of carbonyl (C=O) groups excluding carboxylic acids is 1. The van der Waals surface area contributed by atoms with Crippen molar-refractivity contribution >= 4 is 17.5 Å². The first-order chi connectivity index (χ1) is 8.56. The Hall–Kier alpha value is -1.16. The summed E-state index contributed by atoms with van der Waals surface area (Å²) in [6.07, 6.45) is 3.38. The summed E-state index contributed by atoms with van der Waals surface area (Å²) in [5.41, 5.74) is 0.141. The van der Waals surface area contributed by atoms with Crippen molar-refractivity contribution in [2.75, 3.05) is 0 Å². The van der Waals surface area contributed by atoms with E-state index in [1.54, 1.807) is 0 Å². The summed E-state index contributed by atoms with van der Waals surface area (Å²) < 4.78 is 25.7. The first-order valence-electron chi connectivity index (χ1n) is 5.96. The third kappa shape index (κ3) is 3.19. The molecule has 18 heavy (non-hydrogen) atoms. The summed E-state index contributed by atoms with van der Waals surface area (Å²) in [7, 11) is 0. The van der Waals surface area contributed by atoms with Gasteiger partial charge in [-0.3, -0.25) is 4.79 Å². The van der Waals surface area contributed by atoms with Gasteiger partial charge in [0.05, 0.1) is 0 Å². The fraction of sp³-hybridized carbons (Fsp3) is 0.462. The van der Waals surface area contributed by atoms with E-state index in [0.717, 1.165) is 37.8 Å². The highest BCUT2D eigenvalue weighted by atomic mass is 35.5. The Morgan fingerprint density at radius 2 is 1.83 bits per heavy atom. The number of amides is 1. The van der Waals surface area contributed by atoms with E-state index in [2.05, 4.69) is 5.32 Å². The van der Waals surface area contributed by atoms with Gasteiger partial charge in [0.25, 0.3) is 5.91 Å². The van der Waals surface area contributed by atoms with E-state index in [4.69, 9.17) is 11.6 Å². The molecule has 0 aromatic heterocycles. The van der Waals surface area contributed by atoms with Crippen molar-refractivity contribution in [2.24, 2.45) is 0 Å². The molecule has 1 amide bonds. The van der Waals surface area contributed by atoms with Gasteiger partial charge in [0, 0.05) is 17.0 Å². The molecule has 0 heterocycles. The molecule has 1 aliphatic rings. The fourth-order valence-electron chi connectivity index (χ4n) is 2.10. The maximum atomic E-state index is 13.0. The lowest BCUT2D eigenvalue weighted by molar-refractivity contribution is 0.0927. The monoisotopic (exact) mass is 273 g/mol. The summed E-state index contributed by atoms with van der Waals surface area (Å²) in [5, 5.41) is 3.00.